The molecule has 0 aromatic heterocycles. The van der Waals surface area contributed by atoms with Crippen molar-refractivity contribution in [3.05, 3.63) is 88.0 Å². The fraction of sp³-hybridized carbons (Fsp3) is 0.568. The highest BCUT2D eigenvalue weighted by Gasteiger charge is 2.65. The molecule has 0 bridgehead atoms. The van der Waals surface area contributed by atoms with Gasteiger partial charge >= 0.3 is 6.09 Å². The number of aliphatic hydroxyl groups excluding tert-OH is 2. The van der Waals surface area contributed by atoms with Crippen molar-refractivity contribution in [1.29, 1.82) is 0 Å². The van der Waals surface area contributed by atoms with Crippen LogP contribution in [0.4, 0.5) is 10.5 Å². The third-order valence-electron chi connectivity index (χ3n) is 11.8. The van der Waals surface area contributed by atoms with Gasteiger partial charge in [-0.1, -0.05) is 37.1 Å². The van der Waals surface area contributed by atoms with E-state index < -0.39 is 28.8 Å². The summed E-state index contributed by atoms with van der Waals surface area (Å²) in [5.41, 5.74) is 3.08. The van der Waals surface area contributed by atoms with E-state index >= 15 is 0 Å². The maximum absolute atomic E-state index is 14.4. The van der Waals surface area contributed by atoms with Crippen LogP contribution in [-0.2, 0) is 21.0 Å². The molecule has 14 nitrogen and oxygen atoms in total. The Kier molecular flexibility index (Phi) is 14.6. The minimum absolute atomic E-state index is 0.00727. The zero-order valence-electron chi connectivity index (χ0n) is 33.7. The molecule has 2 fully saturated rings. The zero-order valence-corrected chi connectivity index (χ0v) is 33.7. The minimum atomic E-state index is -1.37. The standard InChI is InChI=1S/C44H58N4O10/c1-4-21-47(42(51)30-15-16-30)39-27-37(46-56-28-29-13-17-32(18-14-29)48(53)54)35-25-31(11-7-9-22-49)34(12-8-10-23-50)40-36-26-33(57-43(52)45-6-3)19-20-38(36)58-44(39,41(35)40)55-24-5-2/h5,13-14,17-20,25-26,30-31,34,39-41,49-50H,2,4,6-12,15-16,21-24,27-28H2,1,3H3,(H,45,52)/t31-,34+,39-,40+,41+,44+/m0/s1. The molecule has 0 spiro atoms. The van der Waals surface area contributed by atoms with E-state index in [2.05, 4.69) is 18.0 Å². The number of ether oxygens (including phenoxy) is 3. The van der Waals surface area contributed by atoms with E-state index in [1.165, 1.54) is 12.1 Å². The number of carbonyl (C=O) groups excluding carboxylic acids is 2. The average Bonchev–Trinajstić information content (AvgIpc) is 4.07. The predicted molar refractivity (Wildman–Crippen MR) is 217 cm³/mol. The van der Waals surface area contributed by atoms with Crippen LogP contribution in [0.15, 0.2) is 71.9 Å². The van der Waals surface area contributed by atoms with Gasteiger partial charge in [-0.15, -0.1) is 6.58 Å². The Morgan fingerprint density at radius 2 is 1.83 bits per heavy atom. The molecule has 2 aromatic rings. The molecule has 1 aliphatic heterocycles. The van der Waals surface area contributed by atoms with Crippen LogP contribution in [0.5, 0.6) is 11.5 Å². The molecule has 0 unspecified atom stereocenters. The molecule has 2 saturated carbocycles. The highest BCUT2D eigenvalue weighted by atomic mass is 16.7. The maximum Gasteiger partial charge on any atom is 0.412 e. The molecule has 1 heterocycles. The maximum atomic E-state index is 14.4. The van der Waals surface area contributed by atoms with Gasteiger partial charge in [-0.25, -0.2) is 4.79 Å². The Hall–Kier alpha value is -4.79. The molecule has 14 heteroatoms. The minimum Gasteiger partial charge on any atom is -0.459 e. The van der Waals surface area contributed by atoms with E-state index in [1.807, 2.05) is 30.9 Å². The van der Waals surface area contributed by atoms with Gasteiger partial charge < -0.3 is 39.5 Å². The normalized spacial score (nSPS) is 25.1. The van der Waals surface area contributed by atoms with Gasteiger partial charge in [0.25, 0.3) is 5.69 Å². The largest absolute Gasteiger partial charge is 0.459 e. The highest BCUT2D eigenvalue weighted by Crippen LogP contribution is 2.62. The molecular formula is C44H58N4O10. The Bertz CT molecular complexity index is 1830. The number of non-ortho nitro benzene ring substituents is 1. The summed E-state index contributed by atoms with van der Waals surface area (Å²) in [6.07, 6.45) is 10.4. The molecule has 6 rings (SSSR count). The zero-order chi connectivity index (χ0) is 41.2. The third-order valence-corrected chi connectivity index (χ3v) is 11.8. The number of nitro benzene ring substituents is 1. The summed E-state index contributed by atoms with van der Waals surface area (Å²) >= 11 is 0. The van der Waals surface area contributed by atoms with Crippen LogP contribution in [-0.4, -0.2) is 82.5 Å². The summed E-state index contributed by atoms with van der Waals surface area (Å²) in [7, 11) is 0. The Morgan fingerprint density at radius 3 is 2.48 bits per heavy atom. The van der Waals surface area contributed by atoms with E-state index in [0.29, 0.717) is 55.1 Å². The molecule has 3 N–H and O–H groups in total. The van der Waals surface area contributed by atoms with E-state index in [-0.39, 0.29) is 68.1 Å². The van der Waals surface area contributed by atoms with Crippen molar-refractivity contribution in [3.63, 3.8) is 0 Å². The number of fused-ring (bicyclic) bond motifs is 2. The molecule has 6 atom stereocenters. The first-order valence-corrected chi connectivity index (χ1v) is 20.9. The fourth-order valence-electron chi connectivity index (χ4n) is 9.12. The van der Waals surface area contributed by atoms with E-state index in [4.69, 9.17) is 24.2 Å². The van der Waals surface area contributed by atoms with Crippen molar-refractivity contribution < 1.29 is 43.8 Å². The van der Waals surface area contributed by atoms with Crippen LogP contribution in [0, 0.1) is 33.8 Å². The molecule has 0 saturated heterocycles. The van der Waals surface area contributed by atoms with Crippen molar-refractivity contribution in [1.82, 2.24) is 10.2 Å². The number of aliphatic hydroxyl groups is 2. The number of carbonyl (C=O) groups is 2. The number of unbranched alkanes of at least 4 members (excludes halogenated alkanes) is 2. The SMILES string of the molecule is C=CCO[C@@]12Oc3ccc(OC(=O)NCC)cc3[C@H]3[C@H](CCCCO)[C@@H](CCCCO)C=C(C(=NOCc4ccc([N+](=O)[O-])cc4)C[C@@H]1N(CCC)C(=O)C1CC1)[C@H]32. The second-order valence-electron chi connectivity index (χ2n) is 15.7. The number of hydrogen-bond donors (Lipinski definition) is 3. The summed E-state index contributed by atoms with van der Waals surface area (Å²) in [6, 6.07) is 11.0. The van der Waals surface area contributed by atoms with Crippen LogP contribution < -0.4 is 14.8 Å². The number of nitro groups is 1. The lowest BCUT2D eigenvalue weighted by molar-refractivity contribution is -0.384. The number of allylic oxidation sites excluding steroid dienone is 1. The first kappa shape index (κ1) is 42.8. The van der Waals surface area contributed by atoms with E-state index in [9.17, 15) is 29.9 Å². The number of oxime groups is 1. The summed E-state index contributed by atoms with van der Waals surface area (Å²) < 4.78 is 20.0. The van der Waals surface area contributed by atoms with Crippen LogP contribution in [0.3, 0.4) is 0 Å². The lowest BCUT2D eigenvalue weighted by Crippen LogP contribution is -2.70. The van der Waals surface area contributed by atoms with Crippen LogP contribution in [0.1, 0.15) is 95.1 Å². The lowest BCUT2D eigenvalue weighted by Gasteiger charge is -2.60. The number of rotatable bonds is 21. The molecule has 2 amide bonds. The smallest absolute Gasteiger partial charge is 0.412 e. The van der Waals surface area contributed by atoms with Crippen molar-refractivity contribution in [2.45, 2.75) is 102 Å². The monoisotopic (exact) mass is 802 g/mol. The second kappa shape index (κ2) is 19.8. The topological polar surface area (TPSA) is 182 Å². The first-order chi connectivity index (χ1) is 28.2. The van der Waals surface area contributed by atoms with Crippen molar-refractivity contribution in [2.75, 3.05) is 32.9 Å². The van der Waals surface area contributed by atoms with Crippen LogP contribution in [0.2, 0.25) is 0 Å². The summed E-state index contributed by atoms with van der Waals surface area (Å²) in [5, 5.41) is 38.5. The van der Waals surface area contributed by atoms with Crippen LogP contribution in [0.25, 0.3) is 0 Å². The van der Waals surface area contributed by atoms with Gasteiger partial charge in [0.05, 0.1) is 23.2 Å². The van der Waals surface area contributed by atoms with Gasteiger partial charge in [0, 0.05) is 62.3 Å². The average molecular weight is 803 g/mol. The lowest BCUT2D eigenvalue weighted by atomic mass is 9.55. The first-order valence-electron chi connectivity index (χ1n) is 20.9. The van der Waals surface area contributed by atoms with Crippen molar-refractivity contribution in [3.8, 4) is 11.5 Å². The van der Waals surface area contributed by atoms with Gasteiger partial charge in [-0.05, 0) is 105 Å². The Balaban J connectivity index is 1.55. The number of hydrogen-bond acceptors (Lipinski definition) is 11. The Morgan fingerprint density at radius 1 is 1.09 bits per heavy atom. The Labute approximate surface area is 340 Å². The quantitative estimate of drug-likeness (QED) is 0.0506. The summed E-state index contributed by atoms with van der Waals surface area (Å²) in [4.78, 5) is 45.9. The summed E-state index contributed by atoms with van der Waals surface area (Å²) in [6.45, 7) is 9.09. The van der Waals surface area contributed by atoms with Gasteiger partial charge in [0.1, 0.15) is 24.1 Å². The fourth-order valence-corrected chi connectivity index (χ4v) is 9.12. The number of benzene rings is 2. The van der Waals surface area contributed by atoms with Crippen molar-refractivity contribution in [2.24, 2.45) is 28.8 Å². The van der Waals surface area contributed by atoms with Gasteiger partial charge in [0.2, 0.25) is 11.7 Å². The molecule has 0 radical (unpaired) electrons. The molecular weight excluding hydrogens is 745 g/mol. The summed E-state index contributed by atoms with van der Waals surface area (Å²) in [5.74, 6) is -1.20. The van der Waals surface area contributed by atoms with Gasteiger partial charge in [0.15, 0.2) is 0 Å². The predicted octanol–water partition coefficient (Wildman–Crippen LogP) is 7.19. The second-order valence-corrected chi connectivity index (χ2v) is 15.7. The third kappa shape index (κ3) is 9.40. The van der Waals surface area contributed by atoms with Gasteiger partial charge in [-0.2, -0.15) is 0 Å². The highest BCUT2D eigenvalue weighted by molar-refractivity contribution is 6.03. The molecule has 2 aromatic carbocycles. The number of nitrogens with one attached hydrogen (secondary N) is 1. The number of amides is 2. The molecule has 314 valence electrons. The van der Waals surface area contributed by atoms with Gasteiger partial charge in [-0.3, -0.25) is 14.9 Å². The molecule has 58 heavy (non-hydrogen) atoms. The molecule has 4 aliphatic rings. The van der Waals surface area contributed by atoms with Crippen molar-refractivity contribution >= 4 is 23.4 Å². The van der Waals surface area contributed by atoms with Crippen LogP contribution >= 0.6 is 0 Å². The van der Waals surface area contributed by atoms with E-state index in [0.717, 1.165) is 49.7 Å². The van der Waals surface area contributed by atoms with E-state index in [1.54, 1.807) is 24.3 Å². The molecule has 3 aliphatic carbocycles. The number of nitrogens with zero attached hydrogens (tertiary/aromatic N) is 3.